The Hall–Kier alpha value is -0.920. The van der Waals surface area contributed by atoms with Gasteiger partial charge in [0.05, 0.1) is 11.4 Å². The highest BCUT2D eigenvalue weighted by molar-refractivity contribution is 5.45. The van der Waals surface area contributed by atoms with Crippen molar-refractivity contribution >= 4 is 0 Å². The number of aryl methyl sites for hydroxylation is 1. The van der Waals surface area contributed by atoms with Crippen molar-refractivity contribution in [2.75, 3.05) is 0 Å². The normalized spacial score (nSPS) is 30.9. The van der Waals surface area contributed by atoms with E-state index in [0.717, 1.165) is 12.3 Å². The molecule has 2 unspecified atom stereocenters. The molecule has 2 heteroatoms. The monoisotopic (exact) mass is 258 g/mol. The van der Waals surface area contributed by atoms with E-state index in [1.807, 2.05) is 0 Å². The minimum absolute atomic E-state index is 0.247. The summed E-state index contributed by atoms with van der Waals surface area (Å²) in [5.41, 5.74) is 4.59. The Morgan fingerprint density at radius 3 is 2.68 bits per heavy atom. The molecule has 19 heavy (non-hydrogen) atoms. The lowest BCUT2D eigenvalue weighted by Crippen LogP contribution is -2.32. The molecule has 2 nitrogen and oxygen atoms in total. The maximum atomic E-state index is 4.64. The maximum absolute atomic E-state index is 4.64. The zero-order chi connectivity index (χ0) is 13.8. The summed E-state index contributed by atoms with van der Waals surface area (Å²) in [6, 6.07) is 2.36. The van der Waals surface area contributed by atoms with Gasteiger partial charge in [-0.2, -0.15) is 10.2 Å². The third-order valence-electron chi connectivity index (χ3n) is 5.98. The van der Waals surface area contributed by atoms with Crippen molar-refractivity contribution in [1.82, 2.24) is 10.2 Å². The second-order valence-electron chi connectivity index (χ2n) is 7.72. The first kappa shape index (κ1) is 13.1. The Balaban J connectivity index is 1.95. The molecular weight excluding hydrogens is 232 g/mol. The summed E-state index contributed by atoms with van der Waals surface area (Å²) < 4.78 is 0. The second-order valence-corrected chi connectivity index (χ2v) is 7.72. The lowest BCUT2D eigenvalue weighted by atomic mass is 9.70. The van der Waals surface area contributed by atoms with E-state index >= 15 is 0 Å². The minimum Gasteiger partial charge on any atom is -0.155 e. The van der Waals surface area contributed by atoms with E-state index in [1.165, 1.54) is 36.2 Å². The topological polar surface area (TPSA) is 25.8 Å². The van der Waals surface area contributed by atoms with E-state index in [1.54, 1.807) is 0 Å². The highest BCUT2D eigenvalue weighted by Gasteiger charge is 2.60. The van der Waals surface area contributed by atoms with Crippen LogP contribution in [0.15, 0.2) is 6.07 Å². The van der Waals surface area contributed by atoms with Gasteiger partial charge < -0.3 is 0 Å². The summed E-state index contributed by atoms with van der Waals surface area (Å²) in [6.07, 6.45) is 4.88. The molecule has 0 radical (unpaired) electrons. The molecule has 1 fully saturated rings. The molecule has 0 amide bonds. The first-order chi connectivity index (χ1) is 8.86. The third-order valence-corrected chi connectivity index (χ3v) is 5.98. The molecule has 104 valence electrons. The Bertz CT molecular complexity index is 504. The summed E-state index contributed by atoms with van der Waals surface area (Å²) in [6.45, 7) is 11.8. The lowest BCUT2D eigenvalue weighted by Gasteiger charge is -2.33. The standard InChI is InChI=1S/C17H26N2/c1-11(2)6-7-12-10-13-14-8-9-17(5,16(14,3)4)15(13)19-18-12/h10-11,14H,6-9H2,1-5H3. The van der Waals surface area contributed by atoms with Crippen LogP contribution in [0.1, 0.15) is 76.8 Å². The van der Waals surface area contributed by atoms with Crippen LogP contribution in [0.3, 0.4) is 0 Å². The molecule has 1 aromatic heterocycles. The quantitative estimate of drug-likeness (QED) is 0.810. The van der Waals surface area contributed by atoms with E-state index in [2.05, 4.69) is 50.9 Å². The van der Waals surface area contributed by atoms with Gasteiger partial charge in [0.15, 0.2) is 0 Å². The van der Waals surface area contributed by atoms with Crippen molar-refractivity contribution in [3.63, 3.8) is 0 Å². The molecule has 0 aromatic carbocycles. The Morgan fingerprint density at radius 1 is 1.26 bits per heavy atom. The van der Waals surface area contributed by atoms with Crippen molar-refractivity contribution < 1.29 is 0 Å². The number of aromatic nitrogens is 2. The van der Waals surface area contributed by atoms with Gasteiger partial charge in [0.1, 0.15) is 0 Å². The fourth-order valence-electron chi connectivity index (χ4n) is 4.17. The Morgan fingerprint density at radius 2 is 2.00 bits per heavy atom. The molecule has 1 saturated carbocycles. The van der Waals surface area contributed by atoms with Crippen LogP contribution >= 0.6 is 0 Å². The number of hydrogen-bond acceptors (Lipinski definition) is 2. The zero-order valence-electron chi connectivity index (χ0n) is 13.0. The third kappa shape index (κ3) is 1.68. The molecule has 2 bridgehead atoms. The molecule has 0 spiro atoms. The van der Waals surface area contributed by atoms with Crippen molar-refractivity contribution in [3.05, 3.63) is 23.0 Å². The molecular formula is C17H26N2. The molecule has 1 heterocycles. The smallest absolute Gasteiger partial charge is 0.0730 e. The molecule has 3 rings (SSSR count). The molecule has 2 aliphatic rings. The zero-order valence-corrected chi connectivity index (χ0v) is 13.0. The van der Waals surface area contributed by atoms with Crippen LogP contribution in [0.2, 0.25) is 0 Å². The molecule has 2 aliphatic carbocycles. The predicted molar refractivity (Wildman–Crippen MR) is 78.3 cm³/mol. The molecule has 0 saturated heterocycles. The summed E-state index contributed by atoms with van der Waals surface area (Å²) >= 11 is 0. The SMILES string of the molecule is CC(C)CCc1cc2c(nn1)C1(C)CCC2C1(C)C. The molecule has 2 atom stereocenters. The maximum Gasteiger partial charge on any atom is 0.0730 e. The largest absolute Gasteiger partial charge is 0.155 e. The van der Waals surface area contributed by atoms with Crippen LogP contribution in [0, 0.1) is 11.3 Å². The van der Waals surface area contributed by atoms with Crippen LogP contribution in [0.25, 0.3) is 0 Å². The van der Waals surface area contributed by atoms with Gasteiger partial charge in [0.25, 0.3) is 0 Å². The second kappa shape index (κ2) is 4.04. The van der Waals surface area contributed by atoms with Crippen LogP contribution in [0.5, 0.6) is 0 Å². The highest BCUT2D eigenvalue weighted by atomic mass is 15.1. The van der Waals surface area contributed by atoms with Gasteiger partial charge >= 0.3 is 0 Å². The molecule has 1 aromatic rings. The number of rotatable bonds is 3. The first-order valence-electron chi connectivity index (χ1n) is 7.73. The summed E-state index contributed by atoms with van der Waals surface area (Å²) in [7, 11) is 0. The van der Waals surface area contributed by atoms with Crippen LogP contribution in [-0.4, -0.2) is 10.2 Å². The number of fused-ring (bicyclic) bond motifs is 5. The summed E-state index contributed by atoms with van der Waals surface area (Å²) in [4.78, 5) is 0. The van der Waals surface area contributed by atoms with Gasteiger partial charge in [-0.25, -0.2) is 0 Å². The lowest BCUT2D eigenvalue weighted by molar-refractivity contribution is 0.226. The van der Waals surface area contributed by atoms with Gasteiger partial charge in [-0.3, -0.25) is 0 Å². The van der Waals surface area contributed by atoms with Crippen LogP contribution in [0.4, 0.5) is 0 Å². The average molecular weight is 258 g/mol. The van der Waals surface area contributed by atoms with E-state index < -0.39 is 0 Å². The Kier molecular flexibility index (Phi) is 2.78. The van der Waals surface area contributed by atoms with Gasteiger partial charge in [-0.15, -0.1) is 0 Å². The van der Waals surface area contributed by atoms with Crippen LogP contribution < -0.4 is 0 Å². The van der Waals surface area contributed by atoms with E-state index in [4.69, 9.17) is 0 Å². The van der Waals surface area contributed by atoms with Crippen LogP contribution in [-0.2, 0) is 11.8 Å². The highest BCUT2D eigenvalue weighted by Crippen LogP contribution is 2.66. The van der Waals surface area contributed by atoms with Gasteiger partial charge in [-0.05, 0) is 54.6 Å². The first-order valence-corrected chi connectivity index (χ1v) is 7.73. The predicted octanol–water partition coefficient (Wildman–Crippen LogP) is 4.24. The molecule has 0 aliphatic heterocycles. The van der Waals surface area contributed by atoms with E-state index in [0.29, 0.717) is 11.3 Å². The molecule has 0 N–H and O–H groups in total. The number of nitrogens with zero attached hydrogens (tertiary/aromatic N) is 2. The van der Waals surface area contributed by atoms with Crippen molar-refractivity contribution in [2.45, 2.75) is 71.6 Å². The van der Waals surface area contributed by atoms with Gasteiger partial charge in [-0.1, -0.05) is 34.6 Å². The van der Waals surface area contributed by atoms with E-state index in [-0.39, 0.29) is 5.41 Å². The summed E-state index contributed by atoms with van der Waals surface area (Å²) in [5.74, 6) is 1.43. The van der Waals surface area contributed by atoms with E-state index in [9.17, 15) is 0 Å². The van der Waals surface area contributed by atoms with Crippen molar-refractivity contribution in [2.24, 2.45) is 11.3 Å². The van der Waals surface area contributed by atoms with Crippen molar-refractivity contribution in [3.8, 4) is 0 Å². The van der Waals surface area contributed by atoms with Gasteiger partial charge in [0, 0.05) is 5.41 Å². The fourth-order valence-corrected chi connectivity index (χ4v) is 4.17. The van der Waals surface area contributed by atoms with Crippen molar-refractivity contribution in [1.29, 1.82) is 0 Å². The minimum atomic E-state index is 0.247. The number of hydrogen-bond donors (Lipinski definition) is 0. The Labute approximate surface area is 117 Å². The average Bonchev–Trinajstić information content (AvgIpc) is 2.67. The summed E-state index contributed by atoms with van der Waals surface area (Å²) in [5, 5.41) is 9.14. The fraction of sp³-hybridized carbons (Fsp3) is 0.765. The van der Waals surface area contributed by atoms with Gasteiger partial charge in [0.2, 0.25) is 0 Å².